The highest BCUT2D eigenvalue weighted by Crippen LogP contribution is 2.37. The maximum Gasteiger partial charge on any atom is 0.353 e. The van der Waals surface area contributed by atoms with Crippen LogP contribution in [0.25, 0.3) is 0 Å². The van der Waals surface area contributed by atoms with E-state index in [1.54, 1.807) is 4.90 Å². The largest absolute Gasteiger partial charge is 0.368 e. The first-order chi connectivity index (χ1) is 16.0. The number of rotatable bonds is 7. The minimum atomic E-state index is -0.666. The van der Waals surface area contributed by atoms with Gasteiger partial charge in [0.25, 0.3) is 0 Å². The molecule has 2 fully saturated rings. The first-order valence-electron chi connectivity index (χ1n) is 10.8. The summed E-state index contributed by atoms with van der Waals surface area (Å²) < 4.78 is 0. The van der Waals surface area contributed by atoms with E-state index in [0.717, 1.165) is 5.69 Å². The number of amides is 2. The number of hydrogen-bond acceptors (Lipinski definition) is 9. The van der Waals surface area contributed by atoms with Crippen LogP contribution in [0.3, 0.4) is 0 Å². The average Bonchev–Trinajstić information content (AvgIpc) is 3.32. The van der Waals surface area contributed by atoms with Crippen LogP contribution in [-0.2, 0) is 9.59 Å². The topological polar surface area (TPSA) is 151 Å². The van der Waals surface area contributed by atoms with Crippen molar-refractivity contribution in [3.05, 3.63) is 46.8 Å². The summed E-state index contributed by atoms with van der Waals surface area (Å²) in [6.07, 6.45) is 2.47. The lowest BCUT2D eigenvalue weighted by Gasteiger charge is -2.36. The van der Waals surface area contributed by atoms with Gasteiger partial charge < -0.3 is 25.8 Å². The predicted octanol–water partition coefficient (Wildman–Crippen LogP) is 0.282. The maximum atomic E-state index is 12.6. The number of hydrogen-bond donors (Lipinski definition) is 2. The third-order valence-corrected chi connectivity index (χ3v) is 5.93. The van der Waals surface area contributed by atoms with E-state index < -0.39 is 22.8 Å². The van der Waals surface area contributed by atoms with Crippen LogP contribution in [0, 0.1) is 10.1 Å². The van der Waals surface area contributed by atoms with Gasteiger partial charge in [-0.25, -0.2) is 9.97 Å². The fourth-order valence-electron chi connectivity index (χ4n) is 4.37. The normalized spacial score (nSPS) is 18.3. The van der Waals surface area contributed by atoms with Crippen LogP contribution in [0.15, 0.2) is 36.7 Å². The maximum absolute atomic E-state index is 12.6. The minimum Gasteiger partial charge on any atom is -0.368 e. The fourth-order valence-corrected chi connectivity index (χ4v) is 4.37. The van der Waals surface area contributed by atoms with Gasteiger partial charge in [0.1, 0.15) is 12.4 Å². The first kappa shape index (κ1) is 22.2. The number of benzene rings is 1. The zero-order valence-corrected chi connectivity index (χ0v) is 18.1. The van der Waals surface area contributed by atoms with Gasteiger partial charge in [0.15, 0.2) is 0 Å². The molecule has 1 aromatic heterocycles. The van der Waals surface area contributed by atoms with E-state index in [2.05, 4.69) is 20.2 Å². The molecule has 0 bridgehead atoms. The monoisotopic (exact) mass is 454 g/mol. The summed E-state index contributed by atoms with van der Waals surface area (Å²) >= 11 is 0. The number of anilines is 3. The van der Waals surface area contributed by atoms with Gasteiger partial charge in [-0.2, -0.15) is 0 Å². The second kappa shape index (κ2) is 9.67. The Bertz CT molecular complexity index is 1030. The van der Waals surface area contributed by atoms with E-state index in [0.29, 0.717) is 45.6 Å². The van der Waals surface area contributed by atoms with E-state index in [1.807, 2.05) is 35.2 Å². The number of carbonyl (C=O) groups is 2. The van der Waals surface area contributed by atoms with Crippen LogP contribution in [0.5, 0.6) is 0 Å². The SMILES string of the molecule is NC(=O)CNC(=O)C1CCCN1c1ncnc(N2CCN(c3ccccc3)CC2)c1[N+](=O)[O-]. The predicted molar refractivity (Wildman–Crippen MR) is 122 cm³/mol. The summed E-state index contributed by atoms with van der Waals surface area (Å²) in [7, 11) is 0. The average molecular weight is 454 g/mol. The van der Waals surface area contributed by atoms with Gasteiger partial charge in [0.2, 0.25) is 23.5 Å². The standard InChI is InChI=1S/C21H26N8O4/c22-17(30)13-23-21(31)16-7-4-8-28(16)20-18(29(32)33)19(24-14-25-20)27-11-9-26(10-12-27)15-5-2-1-3-6-15/h1-3,5-6,14,16H,4,7-13H2,(H2,22,30)(H,23,31). The second-order valence-electron chi connectivity index (χ2n) is 7.97. The molecule has 0 radical (unpaired) electrons. The van der Waals surface area contributed by atoms with Crippen molar-refractivity contribution < 1.29 is 14.5 Å². The number of nitro groups is 1. The molecule has 12 heteroatoms. The smallest absolute Gasteiger partial charge is 0.353 e. The molecule has 2 aliphatic heterocycles. The van der Waals surface area contributed by atoms with Crippen molar-refractivity contribution in [1.29, 1.82) is 0 Å². The Morgan fingerprint density at radius 2 is 1.73 bits per heavy atom. The Labute approximate surface area is 190 Å². The van der Waals surface area contributed by atoms with Crippen molar-refractivity contribution in [3.63, 3.8) is 0 Å². The van der Waals surface area contributed by atoms with Crippen LogP contribution in [0.1, 0.15) is 12.8 Å². The number of carbonyl (C=O) groups excluding carboxylic acids is 2. The molecular formula is C21H26N8O4. The third-order valence-electron chi connectivity index (χ3n) is 5.93. The number of piperazine rings is 1. The van der Waals surface area contributed by atoms with Gasteiger partial charge in [-0.3, -0.25) is 19.7 Å². The number of nitrogens with two attached hydrogens (primary N) is 1. The van der Waals surface area contributed by atoms with Crippen molar-refractivity contribution >= 4 is 34.8 Å². The highest BCUT2D eigenvalue weighted by Gasteiger charge is 2.38. The zero-order chi connectivity index (χ0) is 23.4. The van der Waals surface area contributed by atoms with E-state index in [9.17, 15) is 19.7 Å². The highest BCUT2D eigenvalue weighted by molar-refractivity contribution is 5.90. The molecule has 2 aromatic rings. The first-order valence-corrected chi connectivity index (χ1v) is 10.8. The summed E-state index contributed by atoms with van der Waals surface area (Å²) in [5.41, 5.74) is 6.01. The Hall–Kier alpha value is -3.96. The molecule has 1 unspecified atom stereocenters. The summed E-state index contributed by atoms with van der Waals surface area (Å²) in [5, 5.41) is 14.6. The molecule has 0 saturated carbocycles. The number of primary amides is 1. The van der Waals surface area contributed by atoms with Gasteiger partial charge in [-0.05, 0) is 25.0 Å². The molecular weight excluding hydrogens is 428 g/mol. The molecule has 2 saturated heterocycles. The van der Waals surface area contributed by atoms with E-state index in [-0.39, 0.29) is 23.9 Å². The molecule has 3 heterocycles. The molecule has 4 rings (SSSR count). The van der Waals surface area contributed by atoms with Crippen molar-refractivity contribution in [3.8, 4) is 0 Å². The summed E-state index contributed by atoms with van der Waals surface area (Å²) in [5.74, 6) is -0.691. The van der Waals surface area contributed by atoms with Crippen LogP contribution in [-0.4, -0.2) is 72.0 Å². The van der Waals surface area contributed by atoms with Crippen LogP contribution < -0.4 is 25.8 Å². The van der Waals surface area contributed by atoms with E-state index >= 15 is 0 Å². The van der Waals surface area contributed by atoms with Gasteiger partial charge >= 0.3 is 5.69 Å². The van der Waals surface area contributed by atoms with Crippen molar-refractivity contribution in [2.24, 2.45) is 5.73 Å². The Morgan fingerprint density at radius 3 is 2.39 bits per heavy atom. The quantitative estimate of drug-likeness (QED) is 0.444. The molecule has 33 heavy (non-hydrogen) atoms. The van der Waals surface area contributed by atoms with Crippen molar-refractivity contribution in [2.45, 2.75) is 18.9 Å². The van der Waals surface area contributed by atoms with Crippen molar-refractivity contribution in [1.82, 2.24) is 15.3 Å². The van der Waals surface area contributed by atoms with Gasteiger partial charge in [0.05, 0.1) is 11.5 Å². The Kier molecular flexibility index (Phi) is 6.52. The third kappa shape index (κ3) is 4.78. The number of nitrogens with one attached hydrogen (secondary N) is 1. The van der Waals surface area contributed by atoms with Gasteiger partial charge in [0, 0.05) is 38.4 Å². The number of aromatic nitrogens is 2. The van der Waals surface area contributed by atoms with Crippen LogP contribution in [0.4, 0.5) is 23.0 Å². The van der Waals surface area contributed by atoms with Gasteiger partial charge in [-0.15, -0.1) is 0 Å². The highest BCUT2D eigenvalue weighted by atomic mass is 16.6. The molecule has 1 aromatic carbocycles. The second-order valence-corrected chi connectivity index (χ2v) is 7.97. The summed E-state index contributed by atoms with van der Waals surface area (Å²) in [6, 6.07) is 9.34. The van der Waals surface area contributed by atoms with Crippen molar-refractivity contribution in [2.75, 3.05) is 54.0 Å². The Morgan fingerprint density at radius 1 is 1.06 bits per heavy atom. The fraction of sp³-hybridized carbons (Fsp3) is 0.429. The lowest BCUT2D eigenvalue weighted by molar-refractivity contribution is -0.383. The number of para-hydroxylation sites is 1. The van der Waals surface area contributed by atoms with Crippen LogP contribution in [0.2, 0.25) is 0 Å². The summed E-state index contributed by atoms with van der Waals surface area (Å²) in [4.78, 5) is 49.4. The van der Waals surface area contributed by atoms with Gasteiger partial charge in [-0.1, -0.05) is 18.2 Å². The summed E-state index contributed by atoms with van der Waals surface area (Å²) in [6.45, 7) is 2.67. The van der Waals surface area contributed by atoms with Crippen LogP contribution >= 0.6 is 0 Å². The molecule has 12 nitrogen and oxygen atoms in total. The molecule has 2 amide bonds. The molecule has 2 aliphatic rings. The number of nitrogens with zero attached hydrogens (tertiary/aromatic N) is 6. The molecule has 1 atom stereocenters. The van der Waals surface area contributed by atoms with E-state index in [4.69, 9.17) is 5.73 Å². The zero-order valence-electron chi connectivity index (χ0n) is 18.1. The van der Waals surface area contributed by atoms with E-state index in [1.165, 1.54) is 6.33 Å². The molecule has 0 spiro atoms. The lowest BCUT2D eigenvalue weighted by atomic mass is 10.2. The Balaban J connectivity index is 1.56. The molecule has 3 N–H and O–H groups in total. The molecule has 174 valence electrons. The lowest BCUT2D eigenvalue weighted by Crippen LogP contribution is -2.47. The molecule has 0 aliphatic carbocycles. The minimum absolute atomic E-state index is 0.118.